The summed E-state index contributed by atoms with van der Waals surface area (Å²) in [7, 11) is 0. The Balaban J connectivity index is 2.25. The van der Waals surface area contributed by atoms with Crippen molar-refractivity contribution in [1.82, 2.24) is 5.32 Å². The molecule has 0 radical (unpaired) electrons. The van der Waals surface area contributed by atoms with Gasteiger partial charge >= 0.3 is 0 Å². The predicted octanol–water partition coefficient (Wildman–Crippen LogP) is 1.70. The smallest absolute Gasteiger partial charge is 0.220 e. The summed E-state index contributed by atoms with van der Waals surface area (Å²) in [6.45, 7) is 4.29. The fourth-order valence-corrected chi connectivity index (χ4v) is 1.94. The number of carbonyl (C=O) groups excluding carboxylic acids is 1. The molecular formula is C12H23NO2. The quantitative estimate of drug-likeness (QED) is 0.705. The highest BCUT2D eigenvalue weighted by Gasteiger charge is 2.22. The first-order valence-corrected chi connectivity index (χ1v) is 6.03. The van der Waals surface area contributed by atoms with Gasteiger partial charge in [0.05, 0.1) is 0 Å². The molecule has 1 atom stereocenters. The van der Waals surface area contributed by atoms with Crippen LogP contribution in [0.2, 0.25) is 0 Å². The zero-order valence-electron chi connectivity index (χ0n) is 9.83. The molecule has 0 bridgehead atoms. The largest absolute Gasteiger partial charge is 0.396 e. The van der Waals surface area contributed by atoms with Crippen molar-refractivity contribution in [2.45, 2.75) is 52.0 Å². The molecule has 1 saturated carbocycles. The molecule has 0 aromatic heterocycles. The van der Waals surface area contributed by atoms with Gasteiger partial charge in [-0.15, -0.1) is 0 Å². The van der Waals surface area contributed by atoms with Gasteiger partial charge in [-0.1, -0.05) is 20.3 Å². The maximum Gasteiger partial charge on any atom is 0.220 e. The summed E-state index contributed by atoms with van der Waals surface area (Å²) in [6.07, 6.45) is 5.03. The first-order valence-electron chi connectivity index (χ1n) is 6.03. The number of nitrogens with one attached hydrogen (secondary N) is 1. The van der Waals surface area contributed by atoms with E-state index in [0.717, 1.165) is 0 Å². The van der Waals surface area contributed by atoms with Crippen LogP contribution >= 0.6 is 0 Å². The first-order chi connectivity index (χ1) is 7.13. The van der Waals surface area contributed by atoms with Crippen LogP contribution in [0.4, 0.5) is 0 Å². The van der Waals surface area contributed by atoms with Crippen molar-refractivity contribution < 1.29 is 9.90 Å². The zero-order valence-corrected chi connectivity index (χ0v) is 9.83. The fourth-order valence-electron chi connectivity index (χ4n) is 1.94. The molecule has 1 aliphatic carbocycles. The van der Waals surface area contributed by atoms with Crippen LogP contribution < -0.4 is 5.32 Å². The molecule has 1 rings (SSSR count). The van der Waals surface area contributed by atoms with Crippen LogP contribution in [0.3, 0.4) is 0 Å². The molecule has 0 spiro atoms. The van der Waals surface area contributed by atoms with Gasteiger partial charge in [-0.2, -0.15) is 0 Å². The Bertz CT molecular complexity index is 200. The van der Waals surface area contributed by atoms with Crippen LogP contribution in [0.25, 0.3) is 0 Å². The second-order valence-corrected chi connectivity index (χ2v) is 4.93. The van der Waals surface area contributed by atoms with E-state index in [2.05, 4.69) is 19.2 Å². The molecule has 0 aromatic carbocycles. The lowest BCUT2D eigenvalue weighted by Gasteiger charge is -2.27. The van der Waals surface area contributed by atoms with Crippen LogP contribution in [0, 0.1) is 11.8 Å². The standard InChI is InChI=1S/C12H23NO2/c1-9(2)11(6-7-14)13-12(15)8-10-4-3-5-10/h9-11,14H,3-8H2,1-2H3,(H,13,15). The SMILES string of the molecule is CC(C)C(CCO)NC(=O)CC1CCC1. The molecule has 0 saturated heterocycles. The van der Waals surface area contributed by atoms with E-state index in [0.29, 0.717) is 24.7 Å². The third kappa shape index (κ3) is 4.20. The average Bonchev–Trinajstić information content (AvgIpc) is 2.10. The zero-order chi connectivity index (χ0) is 11.3. The van der Waals surface area contributed by atoms with E-state index >= 15 is 0 Å². The average molecular weight is 213 g/mol. The van der Waals surface area contributed by atoms with Crippen LogP contribution in [-0.2, 0) is 4.79 Å². The van der Waals surface area contributed by atoms with Gasteiger partial charge in [0.25, 0.3) is 0 Å². The van der Waals surface area contributed by atoms with Crippen LogP contribution in [0.15, 0.2) is 0 Å². The second-order valence-electron chi connectivity index (χ2n) is 4.93. The van der Waals surface area contributed by atoms with E-state index in [1.807, 2.05) is 0 Å². The van der Waals surface area contributed by atoms with Crippen molar-refractivity contribution in [3.8, 4) is 0 Å². The monoisotopic (exact) mass is 213 g/mol. The normalized spacial score (nSPS) is 18.7. The van der Waals surface area contributed by atoms with E-state index in [1.165, 1.54) is 19.3 Å². The molecule has 15 heavy (non-hydrogen) atoms. The Morgan fingerprint density at radius 1 is 1.47 bits per heavy atom. The Morgan fingerprint density at radius 3 is 2.53 bits per heavy atom. The van der Waals surface area contributed by atoms with Crippen molar-refractivity contribution in [1.29, 1.82) is 0 Å². The summed E-state index contributed by atoms with van der Waals surface area (Å²) in [5.74, 6) is 1.17. The van der Waals surface area contributed by atoms with Gasteiger partial charge in [0, 0.05) is 19.1 Å². The molecule has 1 aliphatic rings. The summed E-state index contributed by atoms with van der Waals surface area (Å²) < 4.78 is 0. The van der Waals surface area contributed by atoms with Crippen molar-refractivity contribution in [3.63, 3.8) is 0 Å². The molecule has 1 fully saturated rings. The number of aliphatic hydroxyl groups excluding tert-OH is 1. The number of hydrogen-bond acceptors (Lipinski definition) is 2. The molecule has 1 amide bonds. The highest BCUT2D eigenvalue weighted by atomic mass is 16.3. The lowest BCUT2D eigenvalue weighted by molar-refractivity contribution is -0.123. The summed E-state index contributed by atoms with van der Waals surface area (Å²) in [4.78, 5) is 11.6. The lowest BCUT2D eigenvalue weighted by atomic mass is 9.82. The summed E-state index contributed by atoms with van der Waals surface area (Å²) in [6, 6.07) is 0.127. The van der Waals surface area contributed by atoms with Gasteiger partial charge in [0.2, 0.25) is 5.91 Å². The highest BCUT2D eigenvalue weighted by Crippen LogP contribution is 2.29. The Labute approximate surface area is 92.3 Å². The van der Waals surface area contributed by atoms with Gasteiger partial charge in [0.15, 0.2) is 0 Å². The maximum absolute atomic E-state index is 11.6. The first kappa shape index (κ1) is 12.5. The van der Waals surface area contributed by atoms with Crippen molar-refractivity contribution in [2.75, 3.05) is 6.61 Å². The maximum atomic E-state index is 11.6. The molecule has 88 valence electrons. The van der Waals surface area contributed by atoms with Gasteiger partial charge in [-0.3, -0.25) is 4.79 Å². The highest BCUT2D eigenvalue weighted by molar-refractivity contribution is 5.76. The number of carbonyl (C=O) groups is 1. The minimum atomic E-state index is 0.127. The van der Waals surface area contributed by atoms with Gasteiger partial charge in [-0.05, 0) is 31.1 Å². The van der Waals surface area contributed by atoms with E-state index in [4.69, 9.17) is 5.11 Å². The predicted molar refractivity (Wildman–Crippen MR) is 60.4 cm³/mol. The van der Waals surface area contributed by atoms with Gasteiger partial charge in [-0.25, -0.2) is 0 Å². The van der Waals surface area contributed by atoms with E-state index in [9.17, 15) is 4.79 Å². The molecular weight excluding hydrogens is 190 g/mol. The number of hydrogen-bond donors (Lipinski definition) is 2. The Kier molecular flexibility index (Phi) is 5.09. The van der Waals surface area contributed by atoms with E-state index in [1.54, 1.807) is 0 Å². The van der Waals surface area contributed by atoms with Gasteiger partial charge < -0.3 is 10.4 Å². The van der Waals surface area contributed by atoms with E-state index in [-0.39, 0.29) is 18.6 Å². The topological polar surface area (TPSA) is 49.3 Å². The third-order valence-corrected chi connectivity index (χ3v) is 3.29. The number of aliphatic hydroxyl groups is 1. The molecule has 0 aliphatic heterocycles. The van der Waals surface area contributed by atoms with Crippen molar-refractivity contribution in [2.24, 2.45) is 11.8 Å². The van der Waals surface area contributed by atoms with Crippen molar-refractivity contribution in [3.05, 3.63) is 0 Å². The summed E-state index contributed by atoms with van der Waals surface area (Å²) >= 11 is 0. The lowest BCUT2D eigenvalue weighted by Crippen LogP contribution is -2.40. The minimum Gasteiger partial charge on any atom is -0.396 e. The fraction of sp³-hybridized carbons (Fsp3) is 0.917. The van der Waals surface area contributed by atoms with Crippen LogP contribution in [-0.4, -0.2) is 23.7 Å². The molecule has 3 heteroatoms. The van der Waals surface area contributed by atoms with Crippen molar-refractivity contribution >= 4 is 5.91 Å². The molecule has 1 unspecified atom stereocenters. The van der Waals surface area contributed by atoms with E-state index < -0.39 is 0 Å². The third-order valence-electron chi connectivity index (χ3n) is 3.29. The molecule has 0 heterocycles. The minimum absolute atomic E-state index is 0.127. The second kappa shape index (κ2) is 6.11. The Morgan fingerprint density at radius 2 is 2.13 bits per heavy atom. The molecule has 3 nitrogen and oxygen atoms in total. The summed E-state index contributed by atoms with van der Waals surface area (Å²) in [5.41, 5.74) is 0. The van der Waals surface area contributed by atoms with Crippen LogP contribution in [0.1, 0.15) is 46.0 Å². The summed E-state index contributed by atoms with van der Waals surface area (Å²) in [5, 5.41) is 11.9. The van der Waals surface area contributed by atoms with Gasteiger partial charge in [0.1, 0.15) is 0 Å². The molecule has 0 aromatic rings. The molecule has 2 N–H and O–H groups in total. The Hall–Kier alpha value is -0.570. The van der Waals surface area contributed by atoms with Crippen LogP contribution in [0.5, 0.6) is 0 Å². The number of amides is 1. The number of rotatable bonds is 6.